The topological polar surface area (TPSA) is 87.1 Å². The summed E-state index contributed by atoms with van der Waals surface area (Å²) >= 11 is 0.889. The number of amides is 1. The van der Waals surface area contributed by atoms with E-state index in [1.807, 2.05) is 6.07 Å². The fourth-order valence-electron chi connectivity index (χ4n) is 5.28. The van der Waals surface area contributed by atoms with Crippen LogP contribution in [0.3, 0.4) is 0 Å². The van der Waals surface area contributed by atoms with Gasteiger partial charge in [0.15, 0.2) is 0 Å². The largest absolute Gasteiger partial charge is 0.389 e. The molecule has 34 heavy (non-hydrogen) atoms. The van der Waals surface area contributed by atoms with Crippen LogP contribution in [-0.4, -0.2) is 41.1 Å². The lowest BCUT2D eigenvalue weighted by Crippen LogP contribution is -2.54. The highest BCUT2D eigenvalue weighted by molar-refractivity contribution is 7.23. The summed E-state index contributed by atoms with van der Waals surface area (Å²) in [5.41, 5.74) is 6.41. The molecule has 1 amide bonds. The molecule has 4 heterocycles. The van der Waals surface area contributed by atoms with Crippen molar-refractivity contribution in [3.63, 3.8) is 0 Å². The molecule has 1 saturated heterocycles. The maximum atomic E-state index is 15.8. The number of aromatic nitrogens is 1. The third-order valence-corrected chi connectivity index (χ3v) is 7.82. The van der Waals surface area contributed by atoms with Gasteiger partial charge >= 0.3 is 0 Å². The fraction of sp³-hybridized carbons (Fsp3) is 0.250. The molecule has 0 saturated carbocycles. The first-order valence-electron chi connectivity index (χ1n) is 10.8. The second kappa shape index (κ2) is 7.48. The van der Waals surface area contributed by atoms with Gasteiger partial charge in [0.1, 0.15) is 28.5 Å². The van der Waals surface area contributed by atoms with E-state index in [1.54, 1.807) is 9.47 Å². The molecule has 6 rings (SSSR count). The second-order valence-electron chi connectivity index (χ2n) is 8.57. The summed E-state index contributed by atoms with van der Waals surface area (Å²) in [6, 6.07) is 5.52. The number of nitrogens with one attached hydrogen (secondary N) is 1. The van der Waals surface area contributed by atoms with Crippen molar-refractivity contribution >= 4 is 43.2 Å². The van der Waals surface area contributed by atoms with E-state index in [1.165, 1.54) is 12.3 Å². The normalized spacial score (nSPS) is 18.1. The number of carbonyl (C=O) groups excluding carboxylic acids is 1. The number of carbonyl (C=O) groups is 1. The highest BCUT2D eigenvalue weighted by atomic mass is 32.1. The Balaban J connectivity index is 1.69. The van der Waals surface area contributed by atoms with Crippen molar-refractivity contribution in [1.82, 2.24) is 14.8 Å². The first-order valence-corrected chi connectivity index (χ1v) is 11.7. The Hall–Kier alpha value is -3.55. The number of nitrogens with zero attached hydrogens (tertiary/aromatic N) is 3. The number of rotatable bonds is 1. The van der Waals surface area contributed by atoms with Crippen LogP contribution in [-0.2, 0) is 6.54 Å². The zero-order chi connectivity index (χ0) is 23.7. The number of nitrogen functional groups attached to an aromatic ring is 1. The van der Waals surface area contributed by atoms with Gasteiger partial charge in [0.05, 0.1) is 21.3 Å². The van der Waals surface area contributed by atoms with Crippen molar-refractivity contribution in [2.24, 2.45) is 0 Å². The van der Waals surface area contributed by atoms with Gasteiger partial charge in [0.2, 0.25) is 0 Å². The van der Waals surface area contributed by atoms with E-state index in [0.717, 1.165) is 23.5 Å². The maximum Gasteiger partial charge on any atom is 0.256 e. The molecule has 0 bridgehead atoms. The van der Waals surface area contributed by atoms with Crippen LogP contribution in [0.25, 0.3) is 32.1 Å². The minimum absolute atomic E-state index is 0.0202. The van der Waals surface area contributed by atoms with Crippen LogP contribution in [0.15, 0.2) is 24.4 Å². The van der Waals surface area contributed by atoms with E-state index >= 15 is 8.78 Å². The minimum Gasteiger partial charge on any atom is -0.389 e. The number of hydrogen-bond donors (Lipinski definition) is 2. The Kier molecular flexibility index (Phi) is 4.62. The highest BCUT2D eigenvalue weighted by Crippen LogP contribution is 2.45. The van der Waals surface area contributed by atoms with Crippen LogP contribution >= 0.6 is 11.3 Å². The number of halogens is 3. The van der Waals surface area contributed by atoms with Gasteiger partial charge < -0.3 is 20.5 Å². The molecule has 2 aliphatic heterocycles. The lowest BCUT2D eigenvalue weighted by Gasteiger charge is -2.38. The average molecular weight is 482 g/mol. The molecule has 172 valence electrons. The zero-order valence-corrected chi connectivity index (χ0v) is 18.6. The number of piperazine rings is 1. The smallest absolute Gasteiger partial charge is 0.256 e. The maximum absolute atomic E-state index is 15.8. The number of benzene rings is 2. The Morgan fingerprint density at radius 2 is 1.94 bits per heavy atom. The van der Waals surface area contributed by atoms with Crippen molar-refractivity contribution in [3.05, 3.63) is 53.0 Å². The van der Waals surface area contributed by atoms with Gasteiger partial charge in [0.25, 0.3) is 5.91 Å². The number of thiophene rings is 1. The molecular weight excluding hydrogens is 463 g/mol. The molecule has 0 aliphatic carbocycles. The summed E-state index contributed by atoms with van der Waals surface area (Å²) < 4.78 is 47.6. The summed E-state index contributed by atoms with van der Waals surface area (Å²) in [5.74, 6) is -2.45. The molecule has 1 atom stereocenters. The quantitative estimate of drug-likeness (QED) is 0.426. The second-order valence-corrected chi connectivity index (χ2v) is 9.62. The monoisotopic (exact) mass is 481 g/mol. The fourth-order valence-corrected chi connectivity index (χ4v) is 6.23. The molecule has 2 aromatic carbocycles. The summed E-state index contributed by atoms with van der Waals surface area (Å²) in [4.78, 5) is 15.2. The molecule has 0 unspecified atom stereocenters. The Labute approximate surface area is 196 Å². The van der Waals surface area contributed by atoms with Crippen LogP contribution in [0, 0.1) is 28.8 Å². The third-order valence-electron chi connectivity index (χ3n) is 6.79. The molecule has 1 fully saturated rings. The number of nitrogens with two attached hydrogens (primary N) is 1. The molecular formula is C24H18F3N5OS. The van der Waals surface area contributed by atoms with Gasteiger partial charge in [-0.1, -0.05) is 6.07 Å². The Morgan fingerprint density at radius 3 is 2.74 bits per heavy atom. The summed E-state index contributed by atoms with van der Waals surface area (Å²) in [5, 5.41) is 13.1. The van der Waals surface area contributed by atoms with E-state index in [4.69, 9.17) is 5.73 Å². The minimum atomic E-state index is -0.818. The van der Waals surface area contributed by atoms with Gasteiger partial charge in [-0.2, -0.15) is 5.26 Å². The number of nitriles is 1. The molecule has 4 aromatic rings. The van der Waals surface area contributed by atoms with Crippen molar-refractivity contribution in [1.29, 1.82) is 5.26 Å². The molecule has 0 spiro atoms. The first kappa shape index (κ1) is 21.0. The number of anilines is 1. The highest BCUT2D eigenvalue weighted by Gasteiger charge is 2.34. The molecule has 6 nitrogen and oxygen atoms in total. The van der Waals surface area contributed by atoms with E-state index in [-0.39, 0.29) is 54.7 Å². The van der Waals surface area contributed by atoms with Crippen LogP contribution in [0.2, 0.25) is 0 Å². The van der Waals surface area contributed by atoms with Crippen molar-refractivity contribution in [3.8, 4) is 17.2 Å². The van der Waals surface area contributed by atoms with Crippen LogP contribution in [0.4, 0.5) is 18.2 Å². The predicted molar refractivity (Wildman–Crippen MR) is 124 cm³/mol. The molecule has 2 aromatic heterocycles. The van der Waals surface area contributed by atoms with Gasteiger partial charge in [-0.25, -0.2) is 13.2 Å². The average Bonchev–Trinajstić information content (AvgIpc) is 3.34. The Morgan fingerprint density at radius 1 is 1.12 bits per heavy atom. The number of aryl methyl sites for hydroxylation is 1. The predicted octanol–water partition coefficient (Wildman–Crippen LogP) is 4.21. The van der Waals surface area contributed by atoms with Gasteiger partial charge in [0, 0.05) is 54.8 Å². The Bertz CT molecular complexity index is 1570. The zero-order valence-electron chi connectivity index (χ0n) is 17.8. The first-order chi connectivity index (χ1) is 16.4. The van der Waals surface area contributed by atoms with E-state index in [0.29, 0.717) is 38.1 Å². The standard InChI is InChI=1S/C24H18F3N5OS/c25-15-2-1-12(18-14(8-28)23(29)34-22(15)18)19-16(26)7-13-21-20(19)17(27)10-31(21)5-3-11-9-30-4-6-32(11)24(13)33/h1-2,7,10-11,30H,3-6,9,29H2/t11-/m1/s1. The summed E-state index contributed by atoms with van der Waals surface area (Å²) in [6.07, 6.45) is 1.90. The lowest BCUT2D eigenvalue weighted by atomic mass is 9.93. The van der Waals surface area contributed by atoms with E-state index in [9.17, 15) is 14.4 Å². The molecule has 3 N–H and O–H groups in total. The van der Waals surface area contributed by atoms with E-state index in [2.05, 4.69) is 5.32 Å². The van der Waals surface area contributed by atoms with Crippen molar-refractivity contribution < 1.29 is 18.0 Å². The lowest BCUT2D eigenvalue weighted by molar-refractivity contribution is 0.0615. The van der Waals surface area contributed by atoms with Crippen LogP contribution < -0.4 is 11.1 Å². The van der Waals surface area contributed by atoms with Gasteiger partial charge in [-0.3, -0.25) is 4.79 Å². The van der Waals surface area contributed by atoms with Crippen molar-refractivity contribution in [2.75, 3.05) is 25.4 Å². The summed E-state index contributed by atoms with van der Waals surface area (Å²) in [6.45, 7) is 2.18. The molecule has 0 radical (unpaired) electrons. The van der Waals surface area contributed by atoms with Crippen LogP contribution in [0.1, 0.15) is 22.3 Å². The van der Waals surface area contributed by atoms with Crippen LogP contribution in [0.5, 0.6) is 0 Å². The summed E-state index contributed by atoms with van der Waals surface area (Å²) in [7, 11) is 0. The molecule has 2 aliphatic rings. The van der Waals surface area contributed by atoms with E-state index < -0.39 is 17.5 Å². The van der Waals surface area contributed by atoms with Crippen molar-refractivity contribution in [2.45, 2.75) is 19.0 Å². The molecule has 10 heteroatoms. The number of fused-ring (bicyclic) bond motifs is 2. The number of hydrogen-bond acceptors (Lipinski definition) is 5. The van der Waals surface area contributed by atoms with Gasteiger partial charge in [-0.15, -0.1) is 11.3 Å². The SMILES string of the molecule is N#Cc1c(N)sc2c(F)ccc(-c3c(F)cc4c5c3c(F)cn5CC[C@@H]3CNCCN3C4=O)c12. The third kappa shape index (κ3) is 2.80. The van der Waals surface area contributed by atoms with Gasteiger partial charge in [-0.05, 0) is 24.1 Å².